The fourth-order valence-electron chi connectivity index (χ4n) is 5.32. The van der Waals surface area contributed by atoms with Gasteiger partial charge in [-0.15, -0.1) is 0 Å². The Bertz CT molecular complexity index is 1010. The van der Waals surface area contributed by atoms with E-state index < -0.39 is 6.43 Å². The van der Waals surface area contributed by atoms with E-state index in [1.54, 1.807) is 4.52 Å². The van der Waals surface area contributed by atoms with E-state index in [2.05, 4.69) is 10.3 Å². The molecule has 3 N–H and O–H groups in total. The average molecular weight is 463 g/mol. The number of hydrazine groups is 1. The molecule has 5 rings (SSSR count). The number of hydrogen-bond donors (Lipinski definition) is 2. The number of nitrogens with one attached hydrogen (secondary N) is 1. The maximum atomic E-state index is 13.3. The molecule has 2 aromatic rings. The first-order chi connectivity index (χ1) is 15.9. The molecule has 1 amide bonds. The lowest BCUT2D eigenvalue weighted by atomic mass is 9.97. The summed E-state index contributed by atoms with van der Waals surface area (Å²) in [7, 11) is 0. The van der Waals surface area contributed by atoms with Crippen molar-refractivity contribution in [1.82, 2.24) is 29.9 Å². The molecule has 1 unspecified atom stereocenters. The second-order valence-electron chi connectivity index (χ2n) is 9.51. The van der Waals surface area contributed by atoms with Crippen molar-refractivity contribution in [2.75, 3.05) is 44.2 Å². The highest BCUT2D eigenvalue weighted by Crippen LogP contribution is 2.33. The number of fused-ring (bicyclic) bond motifs is 1. The van der Waals surface area contributed by atoms with E-state index in [-0.39, 0.29) is 30.5 Å². The van der Waals surface area contributed by atoms with Gasteiger partial charge in [0.05, 0.1) is 24.2 Å². The van der Waals surface area contributed by atoms with E-state index in [1.165, 1.54) is 5.01 Å². The lowest BCUT2D eigenvalue weighted by Gasteiger charge is -2.36. The Hall–Kier alpha value is -2.37. The quantitative estimate of drug-likeness (QED) is 0.692. The number of nitrogens with zero attached hydrogens (tertiary/aromatic N) is 6. The molecule has 3 fully saturated rings. The molecule has 0 aromatic carbocycles. The van der Waals surface area contributed by atoms with Crippen LogP contribution in [0.5, 0.6) is 0 Å². The Morgan fingerprint density at radius 2 is 2.12 bits per heavy atom. The third kappa shape index (κ3) is 4.53. The van der Waals surface area contributed by atoms with Crippen molar-refractivity contribution in [1.29, 1.82) is 0 Å². The molecule has 33 heavy (non-hydrogen) atoms. The minimum Gasteiger partial charge on any atom is -0.355 e. The SMILES string of the molecule is Cc1cn2nc([C@@H]3CCCCN3C(=O)C3CNN(CC(F)F)C3)cc2nc1N1CC[C@H](N)C1. The number of carbonyl (C=O) groups is 1. The highest BCUT2D eigenvalue weighted by atomic mass is 19.3. The number of amides is 1. The van der Waals surface area contributed by atoms with Crippen LogP contribution in [-0.4, -0.2) is 82.1 Å². The standard InChI is InChI=1S/C22H32F2N8O/c1-14-10-32-20(27-21(14)29-7-5-16(25)12-29)8-17(28-32)18-4-2-3-6-31(18)22(33)15-9-26-30(11-15)13-19(23)24/h8,10,15-16,18-19,26H,2-7,9,11-13,25H2,1H3/t15?,16-,18-/m0/s1. The summed E-state index contributed by atoms with van der Waals surface area (Å²) in [4.78, 5) is 22.3. The number of piperidine rings is 1. The van der Waals surface area contributed by atoms with Gasteiger partial charge in [-0.3, -0.25) is 10.2 Å². The molecule has 5 heterocycles. The first-order valence-corrected chi connectivity index (χ1v) is 11.8. The Morgan fingerprint density at radius 3 is 2.88 bits per heavy atom. The zero-order valence-corrected chi connectivity index (χ0v) is 19.0. The van der Waals surface area contributed by atoms with Gasteiger partial charge >= 0.3 is 0 Å². The molecule has 9 nitrogen and oxygen atoms in total. The summed E-state index contributed by atoms with van der Waals surface area (Å²) >= 11 is 0. The van der Waals surface area contributed by atoms with E-state index in [1.807, 2.05) is 24.1 Å². The van der Waals surface area contributed by atoms with Gasteiger partial charge in [-0.05, 0) is 32.6 Å². The highest BCUT2D eigenvalue weighted by Gasteiger charge is 2.37. The molecule has 3 atom stereocenters. The van der Waals surface area contributed by atoms with Crippen LogP contribution in [0.2, 0.25) is 0 Å². The zero-order chi connectivity index (χ0) is 23.1. The van der Waals surface area contributed by atoms with E-state index >= 15 is 0 Å². The third-order valence-electron chi connectivity index (χ3n) is 6.99. The van der Waals surface area contributed by atoms with Crippen molar-refractivity contribution in [2.24, 2.45) is 11.7 Å². The monoisotopic (exact) mass is 462 g/mol. The highest BCUT2D eigenvalue weighted by molar-refractivity contribution is 5.80. The zero-order valence-electron chi connectivity index (χ0n) is 19.0. The van der Waals surface area contributed by atoms with Crippen molar-refractivity contribution in [3.8, 4) is 0 Å². The van der Waals surface area contributed by atoms with E-state index in [4.69, 9.17) is 15.8 Å². The molecule has 3 aliphatic heterocycles. The first-order valence-electron chi connectivity index (χ1n) is 11.8. The van der Waals surface area contributed by atoms with Crippen molar-refractivity contribution >= 4 is 17.4 Å². The van der Waals surface area contributed by atoms with Crippen LogP contribution >= 0.6 is 0 Å². The summed E-state index contributed by atoms with van der Waals surface area (Å²) < 4.78 is 27.2. The van der Waals surface area contributed by atoms with E-state index in [0.29, 0.717) is 19.6 Å². The normalized spacial score (nSPS) is 26.8. The third-order valence-corrected chi connectivity index (χ3v) is 6.99. The minimum atomic E-state index is -2.43. The summed E-state index contributed by atoms with van der Waals surface area (Å²) in [6, 6.07) is 2.03. The maximum absolute atomic E-state index is 13.3. The molecular weight excluding hydrogens is 430 g/mol. The second kappa shape index (κ2) is 9.11. The molecular formula is C22H32F2N8O. The lowest BCUT2D eigenvalue weighted by Crippen LogP contribution is -2.43. The Balaban J connectivity index is 1.36. The Morgan fingerprint density at radius 1 is 1.27 bits per heavy atom. The molecule has 0 saturated carbocycles. The number of aryl methyl sites for hydroxylation is 1. The predicted molar refractivity (Wildman–Crippen MR) is 120 cm³/mol. The Kier molecular flexibility index (Phi) is 6.19. The first kappa shape index (κ1) is 22.4. The van der Waals surface area contributed by atoms with Crippen LogP contribution in [0.4, 0.5) is 14.6 Å². The smallest absolute Gasteiger partial charge is 0.252 e. The molecule has 0 bridgehead atoms. The van der Waals surface area contributed by atoms with Gasteiger partial charge < -0.3 is 15.5 Å². The van der Waals surface area contributed by atoms with Crippen molar-refractivity contribution in [3.05, 3.63) is 23.5 Å². The number of likely N-dealkylation sites (tertiary alicyclic amines) is 1. The second-order valence-corrected chi connectivity index (χ2v) is 9.51. The number of hydrogen-bond acceptors (Lipinski definition) is 7. The summed E-state index contributed by atoms with van der Waals surface area (Å²) in [6.45, 7) is 4.72. The van der Waals surface area contributed by atoms with Gasteiger partial charge in [-0.1, -0.05) is 0 Å². The lowest BCUT2D eigenvalue weighted by molar-refractivity contribution is -0.138. The number of nitrogens with two attached hydrogens (primary N) is 1. The summed E-state index contributed by atoms with van der Waals surface area (Å²) in [6.07, 6.45) is 3.32. The van der Waals surface area contributed by atoms with E-state index in [9.17, 15) is 13.6 Å². The van der Waals surface area contributed by atoms with Gasteiger partial charge in [-0.2, -0.15) is 5.10 Å². The van der Waals surface area contributed by atoms with Crippen LogP contribution in [0.25, 0.3) is 5.65 Å². The summed E-state index contributed by atoms with van der Waals surface area (Å²) in [5.74, 6) is 0.624. The van der Waals surface area contributed by atoms with Gasteiger partial charge in [0, 0.05) is 56.6 Å². The molecule has 11 heteroatoms. The molecule has 2 aromatic heterocycles. The summed E-state index contributed by atoms with van der Waals surface area (Å²) in [5.41, 5.74) is 11.7. The van der Waals surface area contributed by atoms with Crippen LogP contribution in [0.3, 0.4) is 0 Å². The maximum Gasteiger partial charge on any atom is 0.252 e. The van der Waals surface area contributed by atoms with Gasteiger partial charge in [-0.25, -0.2) is 23.3 Å². The van der Waals surface area contributed by atoms with Gasteiger partial charge in [0.15, 0.2) is 5.65 Å². The molecule has 0 radical (unpaired) electrons. The fraction of sp³-hybridized carbons (Fsp3) is 0.682. The number of alkyl halides is 2. The molecule has 0 aliphatic carbocycles. The molecule has 3 saturated heterocycles. The predicted octanol–water partition coefficient (Wildman–Crippen LogP) is 1.33. The van der Waals surface area contributed by atoms with Crippen LogP contribution in [-0.2, 0) is 4.79 Å². The fourth-order valence-corrected chi connectivity index (χ4v) is 5.32. The number of anilines is 1. The van der Waals surface area contributed by atoms with Crippen LogP contribution < -0.4 is 16.1 Å². The van der Waals surface area contributed by atoms with Crippen LogP contribution in [0, 0.1) is 12.8 Å². The molecule has 3 aliphatic rings. The van der Waals surface area contributed by atoms with Gasteiger partial charge in [0.25, 0.3) is 6.43 Å². The molecule has 0 spiro atoms. The van der Waals surface area contributed by atoms with Crippen molar-refractivity contribution in [3.63, 3.8) is 0 Å². The van der Waals surface area contributed by atoms with Crippen LogP contribution in [0.1, 0.15) is 43.0 Å². The Labute approximate surface area is 191 Å². The number of rotatable bonds is 5. The topological polar surface area (TPSA) is 95.0 Å². The molecule has 180 valence electrons. The van der Waals surface area contributed by atoms with Gasteiger partial charge in [0.2, 0.25) is 5.91 Å². The van der Waals surface area contributed by atoms with Crippen molar-refractivity contribution < 1.29 is 13.6 Å². The average Bonchev–Trinajstić information content (AvgIpc) is 3.52. The largest absolute Gasteiger partial charge is 0.355 e. The number of halogens is 2. The van der Waals surface area contributed by atoms with Crippen LogP contribution in [0.15, 0.2) is 12.3 Å². The minimum absolute atomic E-state index is 0.0110. The van der Waals surface area contributed by atoms with Gasteiger partial charge in [0.1, 0.15) is 5.82 Å². The number of aromatic nitrogens is 3. The summed E-state index contributed by atoms with van der Waals surface area (Å²) in [5, 5.41) is 6.24. The number of carbonyl (C=O) groups excluding carboxylic acids is 1. The van der Waals surface area contributed by atoms with Crippen molar-refractivity contribution in [2.45, 2.75) is 51.1 Å². The van der Waals surface area contributed by atoms with E-state index in [0.717, 1.165) is 61.5 Å².